The summed E-state index contributed by atoms with van der Waals surface area (Å²) in [6, 6.07) is 18.1. The first-order valence-electron chi connectivity index (χ1n) is 8.33. The summed E-state index contributed by atoms with van der Waals surface area (Å²) in [7, 11) is 1.67. The van der Waals surface area contributed by atoms with Crippen molar-refractivity contribution in [1.29, 1.82) is 0 Å². The second kappa shape index (κ2) is 6.17. The molecule has 0 bridgehead atoms. The summed E-state index contributed by atoms with van der Waals surface area (Å²) in [6.07, 6.45) is 3.04. The molecule has 1 saturated carbocycles. The smallest absolute Gasteiger partial charge is 0.228 e. The van der Waals surface area contributed by atoms with Crippen molar-refractivity contribution in [2.75, 3.05) is 17.8 Å². The Hall–Kier alpha value is -1.94. The van der Waals surface area contributed by atoms with Crippen LogP contribution in [0.3, 0.4) is 0 Å². The molecule has 0 N–H and O–H groups in total. The number of rotatable bonds is 3. The van der Waals surface area contributed by atoms with Crippen LogP contribution < -0.4 is 9.64 Å². The number of methoxy groups -OCH3 is 1. The predicted molar refractivity (Wildman–Crippen MR) is 98.4 cm³/mol. The molecule has 2 aromatic carbocycles. The zero-order valence-electron chi connectivity index (χ0n) is 13.8. The highest BCUT2D eigenvalue weighted by Crippen LogP contribution is 2.56. The molecule has 2 aliphatic rings. The molecule has 0 aromatic heterocycles. The molecule has 1 spiro atoms. The third kappa shape index (κ3) is 2.91. The van der Waals surface area contributed by atoms with Gasteiger partial charge in [-0.2, -0.15) is 0 Å². The first-order valence-corrected chi connectivity index (χ1v) is 9.38. The minimum atomic E-state index is 0.0192. The molecule has 0 radical (unpaired) electrons. The summed E-state index contributed by atoms with van der Waals surface area (Å²) in [5, 5.41) is 0.0192. The van der Waals surface area contributed by atoms with Gasteiger partial charge in [0.2, 0.25) is 5.91 Å². The highest BCUT2D eigenvalue weighted by Gasteiger charge is 2.48. The number of anilines is 1. The fourth-order valence-electron chi connectivity index (χ4n) is 3.30. The molecule has 4 rings (SSSR count). The van der Waals surface area contributed by atoms with Crippen molar-refractivity contribution in [3.05, 3.63) is 60.2 Å². The van der Waals surface area contributed by atoms with Crippen molar-refractivity contribution in [2.24, 2.45) is 5.41 Å². The van der Waals surface area contributed by atoms with Crippen LogP contribution in [0, 0.1) is 5.41 Å². The predicted octanol–water partition coefficient (Wildman–Crippen LogP) is 4.64. The molecule has 1 heterocycles. The maximum Gasteiger partial charge on any atom is 0.228 e. The van der Waals surface area contributed by atoms with E-state index in [9.17, 15) is 4.79 Å². The molecule has 1 aliphatic carbocycles. The van der Waals surface area contributed by atoms with Gasteiger partial charge in [-0.05, 0) is 48.1 Å². The Morgan fingerprint density at radius 1 is 1.08 bits per heavy atom. The van der Waals surface area contributed by atoms with Crippen LogP contribution in [0.1, 0.15) is 30.2 Å². The molecule has 1 amide bonds. The lowest BCUT2D eigenvalue weighted by molar-refractivity contribution is -0.119. The summed E-state index contributed by atoms with van der Waals surface area (Å²) in [4.78, 5) is 15.1. The van der Waals surface area contributed by atoms with Gasteiger partial charge in [0.15, 0.2) is 0 Å². The fraction of sp³-hybridized carbons (Fsp3) is 0.350. The van der Waals surface area contributed by atoms with E-state index >= 15 is 0 Å². The normalized spacial score (nSPS) is 22.3. The SMILES string of the molecule is COc1ccc(C2SCC3(CC3)CC(=O)N2c2ccccc2)cc1. The van der Waals surface area contributed by atoms with Crippen LogP contribution >= 0.6 is 11.8 Å². The van der Waals surface area contributed by atoms with E-state index in [1.165, 1.54) is 12.8 Å². The molecule has 124 valence electrons. The average Bonchev–Trinajstić information content (AvgIpc) is 3.40. The summed E-state index contributed by atoms with van der Waals surface area (Å²) in [5.41, 5.74) is 2.37. The molecule has 24 heavy (non-hydrogen) atoms. The molecule has 2 fully saturated rings. The molecular formula is C20H21NO2S. The Kier molecular flexibility index (Phi) is 4.01. The monoisotopic (exact) mass is 339 g/mol. The summed E-state index contributed by atoms with van der Waals surface area (Å²) in [6.45, 7) is 0. The lowest BCUT2D eigenvalue weighted by Gasteiger charge is -2.30. The quantitative estimate of drug-likeness (QED) is 0.815. The maximum atomic E-state index is 13.1. The number of carbonyl (C=O) groups excluding carboxylic acids is 1. The topological polar surface area (TPSA) is 29.5 Å². The van der Waals surface area contributed by atoms with Crippen LogP contribution in [0.15, 0.2) is 54.6 Å². The number of nitrogens with zero attached hydrogens (tertiary/aromatic N) is 1. The van der Waals surface area contributed by atoms with Gasteiger partial charge in [0.25, 0.3) is 0 Å². The molecular weight excluding hydrogens is 318 g/mol. The Morgan fingerprint density at radius 2 is 1.79 bits per heavy atom. The van der Waals surface area contributed by atoms with Crippen molar-refractivity contribution < 1.29 is 9.53 Å². The van der Waals surface area contributed by atoms with Crippen molar-refractivity contribution in [3.8, 4) is 5.75 Å². The molecule has 1 unspecified atom stereocenters. The number of hydrogen-bond acceptors (Lipinski definition) is 3. The number of carbonyl (C=O) groups is 1. The van der Waals surface area contributed by atoms with Crippen LogP contribution in [0.5, 0.6) is 5.75 Å². The van der Waals surface area contributed by atoms with Gasteiger partial charge in [0, 0.05) is 17.9 Å². The fourth-order valence-corrected chi connectivity index (χ4v) is 4.94. The van der Waals surface area contributed by atoms with E-state index in [4.69, 9.17) is 4.74 Å². The van der Waals surface area contributed by atoms with E-state index in [0.29, 0.717) is 6.42 Å². The Labute approximate surface area is 147 Å². The van der Waals surface area contributed by atoms with E-state index in [0.717, 1.165) is 22.8 Å². The highest BCUT2D eigenvalue weighted by atomic mass is 32.2. The molecule has 3 nitrogen and oxygen atoms in total. The number of amides is 1. The second-order valence-corrected chi connectivity index (χ2v) is 7.78. The summed E-state index contributed by atoms with van der Waals surface area (Å²) in [5.74, 6) is 2.14. The first-order chi connectivity index (χ1) is 11.7. The van der Waals surface area contributed by atoms with Crippen LogP contribution in [0.2, 0.25) is 0 Å². The standard InChI is InChI=1S/C20H21NO2S/c1-23-17-9-7-15(8-10-17)19-21(16-5-3-2-4-6-16)18(22)13-20(11-12-20)14-24-19/h2-10,19H,11-14H2,1H3. The van der Waals surface area contributed by atoms with E-state index < -0.39 is 0 Å². The number of para-hydroxylation sites is 1. The first kappa shape index (κ1) is 15.6. The molecule has 1 aliphatic heterocycles. The number of thioether (sulfide) groups is 1. The molecule has 1 atom stereocenters. The van der Waals surface area contributed by atoms with Gasteiger partial charge in [-0.15, -0.1) is 11.8 Å². The van der Waals surface area contributed by atoms with Gasteiger partial charge in [0.1, 0.15) is 11.1 Å². The van der Waals surface area contributed by atoms with E-state index in [2.05, 4.69) is 12.1 Å². The zero-order valence-corrected chi connectivity index (χ0v) is 14.6. The summed E-state index contributed by atoms with van der Waals surface area (Å²) >= 11 is 1.89. The largest absolute Gasteiger partial charge is 0.497 e. The van der Waals surface area contributed by atoms with Crippen LogP contribution in [0.4, 0.5) is 5.69 Å². The molecule has 4 heteroatoms. The van der Waals surface area contributed by atoms with Gasteiger partial charge >= 0.3 is 0 Å². The zero-order chi connectivity index (χ0) is 16.6. The Balaban J connectivity index is 1.73. The molecule has 2 aromatic rings. The minimum absolute atomic E-state index is 0.0192. The van der Waals surface area contributed by atoms with Gasteiger partial charge in [-0.3, -0.25) is 9.69 Å². The number of benzene rings is 2. The van der Waals surface area contributed by atoms with E-state index in [-0.39, 0.29) is 16.7 Å². The van der Waals surface area contributed by atoms with Crippen LogP contribution in [-0.4, -0.2) is 18.8 Å². The van der Waals surface area contributed by atoms with Crippen molar-refractivity contribution in [1.82, 2.24) is 0 Å². The highest BCUT2D eigenvalue weighted by molar-refractivity contribution is 7.99. The van der Waals surface area contributed by atoms with Gasteiger partial charge < -0.3 is 4.74 Å². The van der Waals surface area contributed by atoms with Gasteiger partial charge in [0.05, 0.1) is 7.11 Å². The average molecular weight is 339 g/mol. The molecule has 1 saturated heterocycles. The Bertz CT molecular complexity index is 725. The maximum absolute atomic E-state index is 13.1. The van der Waals surface area contributed by atoms with Gasteiger partial charge in [-0.1, -0.05) is 30.3 Å². The van der Waals surface area contributed by atoms with Crippen LogP contribution in [-0.2, 0) is 4.79 Å². The van der Waals surface area contributed by atoms with E-state index in [1.807, 2.05) is 59.1 Å². The number of ether oxygens (including phenoxy) is 1. The van der Waals surface area contributed by atoms with Gasteiger partial charge in [-0.25, -0.2) is 0 Å². The lowest BCUT2D eigenvalue weighted by atomic mass is 10.0. The number of hydrogen-bond donors (Lipinski definition) is 0. The third-order valence-electron chi connectivity index (χ3n) is 4.97. The van der Waals surface area contributed by atoms with E-state index in [1.54, 1.807) is 7.11 Å². The Morgan fingerprint density at radius 3 is 2.42 bits per heavy atom. The third-order valence-corrected chi connectivity index (χ3v) is 6.55. The van der Waals surface area contributed by atoms with Crippen LogP contribution in [0.25, 0.3) is 0 Å². The lowest BCUT2D eigenvalue weighted by Crippen LogP contribution is -2.32. The van der Waals surface area contributed by atoms with Crippen molar-refractivity contribution in [3.63, 3.8) is 0 Å². The minimum Gasteiger partial charge on any atom is -0.497 e. The van der Waals surface area contributed by atoms with Crippen molar-refractivity contribution in [2.45, 2.75) is 24.6 Å². The summed E-state index contributed by atoms with van der Waals surface area (Å²) < 4.78 is 5.27. The second-order valence-electron chi connectivity index (χ2n) is 6.71. The van der Waals surface area contributed by atoms with Crippen molar-refractivity contribution >= 4 is 23.4 Å².